The van der Waals surface area contributed by atoms with Gasteiger partial charge in [0.25, 0.3) is 0 Å². The minimum absolute atomic E-state index is 0.0982. The van der Waals surface area contributed by atoms with Crippen LogP contribution in [-0.4, -0.2) is 23.6 Å². The van der Waals surface area contributed by atoms with Crippen LogP contribution in [0.15, 0.2) is 5.16 Å². The zero-order valence-electron chi connectivity index (χ0n) is 10.9. The Morgan fingerprint density at radius 3 is 2.71 bits per heavy atom. The lowest BCUT2D eigenvalue weighted by Crippen LogP contribution is -2.41. The monoisotopic (exact) mass is 239 g/mol. The Bertz CT molecular complexity index is 292. The molecule has 5 atom stereocenters. The molecule has 0 heterocycles. The van der Waals surface area contributed by atoms with Crippen LogP contribution < -0.4 is 11.1 Å². The van der Waals surface area contributed by atoms with Crippen LogP contribution in [0.3, 0.4) is 0 Å². The Balaban J connectivity index is 1.76. The van der Waals surface area contributed by atoms with Crippen LogP contribution in [0, 0.1) is 23.7 Å². The topological polar surface area (TPSA) is 70.6 Å². The maximum Gasteiger partial charge on any atom is 0.143 e. The Labute approximate surface area is 104 Å². The summed E-state index contributed by atoms with van der Waals surface area (Å²) in [5.41, 5.74) is 5.58. The second kappa shape index (κ2) is 5.25. The first-order valence-electron chi connectivity index (χ1n) is 6.82. The van der Waals surface area contributed by atoms with E-state index >= 15 is 0 Å². The lowest BCUT2D eigenvalue weighted by Gasteiger charge is -2.29. The molecule has 4 heteroatoms. The molecule has 0 aromatic rings. The van der Waals surface area contributed by atoms with Crippen molar-refractivity contribution in [3.05, 3.63) is 0 Å². The molecule has 4 N–H and O–H groups in total. The van der Waals surface area contributed by atoms with Gasteiger partial charge in [0.15, 0.2) is 0 Å². The summed E-state index contributed by atoms with van der Waals surface area (Å²) in [6.07, 6.45) is 5.73. The van der Waals surface area contributed by atoms with Gasteiger partial charge in [-0.2, -0.15) is 0 Å². The van der Waals surface area contributed by atoms with Gasteiger partial charge in [-0.15, -0.1) is 0 Å². The summed E-state index contributed by atoms with van der Waals surface area (Å²) in [7, 11) is 0. The van der Waals surface area contributed by atoms with E-state index in [-0.39, 0.29) is 5.92 Å². The number of rotatable bonds is 5. The minimum atomic E-state index is 0.0982. The number of hydrogen-bond acceptors (Lipinski definition) is 3. The van der Waals surface area contributed by atoms with E-state index in [0.717, 1.165) is 24.3 Å². The molecule has 2 aliphatic carbocycles. The molecule has 2 fully saturated rings. The zero-order valence-corrected chi connectivity index (χ0v) is 10.9. The lowest BCUT2D eigenvalue weighted by molar-refractivity contribution is 0.257. The van der Waals surface area contributed by atoms with Crippen LogP contribution in [0.25, 0.3) is 0 Å². The number of nitrogens with zero attached hydrogens (tertiary/aromatic N) is 1. The van der Waals surface area contributed by atoms with Crippen LogP contribution >= 0.6 is 0 Å². The first-order valence-corrected chi connectivity index (χ1v) is 6.82. The molecule has 4 nitrogen and oxygen atoms in total. The van der Waals surface area contributed by atoms with E-state index in [1.165, 1.54) is 25.7 Å². The summed E-state index contributed by atoms with van der Waals surface area (Å²) < 4.78 is 0. The molecule has 2 bridgehead atoms. The molecule has 0 amide bonds. The van der Waals surface area contributed by atoms with Crippen molar-refractivity contribution in [2.45, 2.75) is 45.6 Å². The number of nitrogens with one attached hydrogen (secondary N) is 1. The van der Waals surface area contributed by atoms with E-state index < -0.39 is 0 Å². The molecule has 0 aliphatic heterocycles. The largest absolute Gasteiger partial charge is 0.409 e. The molecule has 0 radical (unpaired) electrons. The minimum Gasteiger partial charge on any atom is -0.409 e. The number of nitrogens with two attached hydrogens (primary N) is 1. The fraction of sp³-hybridized carbons (Fsp3) is 0.923. The Kier molecular flexibility index (Phi) is 3.92. The first-order chi connectivity index (χ1) is 8.11. The van der Waals surface area contributed by atoms with E-state index in [4.69, 9.17) is 10.9 Å². The molecule has 2 aliphatic rings. The lowest BCUT2D eigenvalue weighted by atomic mass is 9.84. The standard InChI is InChI=1S/C13H25N3O/c1-8(13(14)16-17)7-15-9(2)12-6-10-3-4-11(12)5-10/h8-12,15,17H,3-7H2,1-2H3,(H2,14,16). The second-order valence-corrected chi connectivity index (χ2v) is 5.96. The van der Waals surface area contributed by atoms with Gasteiger partial charge in [-0.1, -0.05) is 18.5 Å². The van der Waals surface area contributed by atoms with Crippen molar-refractivity contribution >= 4 is 5.84 Å². The molecule has 0 saturated heterocycles. The average Bonchev–Trinajstić information content (AvgIpc) is 2.96. The van der Waals surface area contributed by atoms with Crippen LogP contribution in [0.1, 0.15) is 39.5 Å². The molecular weight excluding hydrogens is 214 g/mol. The molecular formula is C13H25N3O. The van der Waals surface area contributed by atoms with Gasteiger partial charge in [-0.25, -0.2) is 0 Å². The second-order valence-electron chi connectivity index (χ2n) is 5.96. The first kappa shape index (κ1) is 12.7. The molecule has 0 spiro atoms. The molecule has 2 saturated carbocycles. The highest BCUT2D eigenvalue weighted by atomic mass is 16.4. The molecule has 2 rings (SSSR count). The highest BCUT2D eigenvalue weighted by molar-refractivity contribution is 5.82. The highest BCUT2D eigenvalue weighted by Crippen LogP contribution is 2.49. The molecule has 5 unspecified atom stereocenters. The number of amidine groups is 1. The molecule has 98 valence electrons. The maximum absolute atomic E-state index is 8.60. The highest BCUT2D eigenvalue weighted by Gasteiger charge is 2.41. The normalized spacial score (nSPS) is 36.1. The molecule has 17 heavy (non-hydrogen) atoms. The fourth-order valence-corrected chi connectivity index (χ4v) is 3.62. The van der Waals surface area contributed by atoms with Crippen molar-refractivity contribution in [1.82, 2.24) is 5.32 Å². The predicted octanol–water partition coefficient (Wildman–Crippen LogP) is 1.78. The Hall–Kier alpha value is -0.770. The third-order valence-corrected chi connectivity index (χ3v) is 4.80. The molecule has 0 aromatic carbocycles. The number of oxime groups is 1. The van der Waals surface area contributed by atoms with Crippen molar-refractivity contribution in [3.8, 4) is 0 Å². The summed E-state index contributed by atoms with van der Waals surface area (Å²) >= 11 is 0. The van der Waals surface area contributed by atoms with Crippen molar-refractivity contribution in [1.29, 1.82) is 0 Å². The van der Waals surface area contributed by atoms with Crippen LogP contribution in [0.2, 0.25) is 0 Å². The predicted molar refractivity (Wildman–Crippen MR) is 69.0 cm³/mol. The van der Waals surface area contributed by atoms with E-state index in [1.807, 2.05) is 6.92 Å². The van der Waals surface area contributed by atoms with Crippen molar-refractivity contribution in [3.63, 3.8) is 0 Å². The summed E-state index contributed by atoms with van der Waals surface area (Å²) in [5.74, 6) is 3.20. The third-order valence-electron chi connectivity index (χ3n) is 4.80. The Morgan fingerprint density at radius 2 is 2.18 bits per heavy atom. The van der Waals surface area contributed by atoms with Gasteiger partial charge < -0.3 is 16.3 Å². The summed E-state index contributed by atoms with van der Waals surface area (Å²) in [6.45, 7) is 5.06. The van der Waals surface area contributed by atoms with Gasteiger partial charge in [-0.05, 0) is 43.9 Å². The van der Waals surface area contributed by atoms with Crippen LogP contribution in [0.5, 0.6) is 0 Å². The summed E-state index contributed by atoms with van der Waals surface area (Å²) in [6, 6.07) is 0.555. The van der Waals surface area contributed by atoms with Crippen molar-refractivity contribution < 1.29 is 5.21 Å². The van der Waals surface area contributed by atoms with E-state index in [0.29, 0.717) is 11.9 Å². The molecule has 0 aromatic heterocycles. The van der Waals surface area contributed by atoms with Gasteiger partial charge in [-0.3, -0.25) is 0 Å². The van der Waals surface area contributed by atoms with Crippen molar-refractivity contribution in [2.75, 3.05) is 6.54 Å². The zero-order chi connectivity index (χ0) is 12.4. The van der Waals surface area contributed by atoms with Gasteiger partial charge in [0, 0.05) is 18.5 Å². The van der Waals surface area contributed by atoms with Gasteiger partial charge in [0.05, 0.1) is 0 Å². The summed E-state index contributed by atoms with van der Waals surface area (Å²) in [4.78, 5) is 0. The maximum atomic E-state index is 8.60. The summed E-state index contributed by atoms with van der Waals surface area (Å²) in [5, 5.41) is 15.2. The third kappa shape index (κ3) is 2.73. The average molecular weight is 239 g/mol. The van der Waals surface area contributed by atoms with Crippen molar-refractivity contribution in [2.24, 2.45) is 34.6 Å². The van der Waals surface area contributed by atoms with Crippen LogP contribution in [-0.2, 0) is 0 Å². The van der Waals surface area contributed by atoms with Gasteiger partial charge in [0.2, 0.25) is 0 Å². The quantitative estimate of drug-likeness (QED) is 0.296. The number of hydrogen-bond donors (Lipinski definition) is 3. The SMILES string of the molecule is CC(CNC(C)C1CC2CCC1C2)/C(N)=N/O. The fourth-order valence-electron chi connectivity index (χ4n) is 3.62. The van der Waals surface area contributed by atoms with Crippen LogP contribution in [0.4, 0.5) is 0 Å². The smallest absolute Gasteiger partial charge is 0.143 e. The van der Waals surface area contributed by atoms with E-state index in [1.54, 1.807) is 0 Å². The van der Waals surface area contributed by atoms with E-state index in [9.17, 15) is 0 Å². The van der Waals surface area contributed by atoms with Gasteiger partial charge >= 0.3 is 0 Å². The Morgan fingerprint density at radius 1 is 1.41 bits per heavy atom. The number of fused-ring (bicyclic) bond motifs is 2. The van der Waals surface area contributed by atoms with E-state index in [2.05, 4.69) is 17.4 Å². The van der Waals surface area contributed by atoms with Gasteiger partial charge in [0.1, 0.15) is 5.84 Å².